The standard InChI is InChI=1S/Al.3FHO3S.H2O/c;3*1-5(2,3)4;/h;3*(H,2,3,4);1H2/q+3;;;;/p-3. The Balaban J connectivity index is -0.0000000400. The van der Waals surface area contributed by atoms with Crippen molar-refractivity contribution in [3.63, 3.8) is 0 Å². The molecule has 17 heteroatoms. The van der Waals surface area contributed by atoms with E-state index in [1.807, 2.05) is 0 Å². The van der Waals surface area contributed by atoms with Gasteiger partial charge in [0.2, 0.25) is 0 Å². The van der Waals surface area contributed by atoms with E-state index in [1.54, 1.807) is 0 Å². The number of hydrogen-bond acceptors (Lipinski definition) is 9. The van der Waals surface area contributed by atoms with Gasteiger partial charge in [0.25, 0.3) is 31.5 Å². The van der Waals surface area contributed by atoms with E-state index in [9.17, 15) is 11.7 Å². The number of rotatable bonds is 0. The predicted molar refractivity (Wildman–Crippen MR) is 41.8 cm³/mol. The fourth-order valence-electron chi connectivity index (χ4n) is 0. The van der Waals surface area contributed by atoms with Gasteiger partial charge in [-0.25, -0.2) is 25.3 Å². The Labute approximate surface area is 105 Å². The second-order valence-electron chi connectivity index (χ2n) is 1.18. The van der Waals surface area contributed by atoms with Gasteiger partial charge in [-0.3, -0.25) is 0 Å². The molecule has 0 rings (SSSR count). The van der Waals surface area contributed by atoms with Gasteiger partial charge in [-0.05, 0) is 0 Å². The molecule has 0 aliphatic heterocycles. The minimum atomic E-state index is -5.42. The van der Waals surface area contributed by atoms with Crippen LogP contribution in [-0.4, -0.2) is 61.7 Å². The molecule has 0 bridgehead atoms. The molecule has 0 atom stereocenters. The monoisotopic (exact) mass is 342 g/mol. The largest absolute Gasteiger partial charge is 3.00 e. The Bertz CT molecular complexity index is 348. The van der Waals surface area contributed by atoms with E-state index >= 15 is 0 Å². The first kappa shape index (κ1) is 30.2. The maximum Gasteiger partial charge on any atom is 3.00 e. The fraction of sp³-hybridized carbons (Fsp3) is 0. The molecule has 17 heavy (non-hydrogen) atoms. The smallest absolute Gasteiger partial charge is 0.722 e. The van der Waals surface area contributed by atoms with Gasteiger partial charge in [-0.15, -0.1) is 11.7 Å². The first-order chi connectivity index (χ1) is 6.00. The second kappa shape index (κ2) is 11.1. The van der Waals surface area contributed by atoms with Gasteiger partial charge < -0.3 is 19.1 Å². The van der Waals surface area contributed by atoms with Crippen LogP contribution >= 0.6 is 0 Å². The van der Waals surface area contributed by atoms with Crippen molar-refractivity contribution in [1.29, 1.82) is 0 Å². The quantitative estimate of drug-likeness (QED) is 0.250. The van der Waals surface area contributed by atoms with Gasteiger partial charge in [0, 0.05) is 0 Å². The maximum absolute atomic E-state index is 10.1. The molecular weight excluding hydrogens is 340 g/mol. The molecule has 0 saturated heterocycles. The van der Waals surface area contributed by atoms with Gasteiger partial charge in [0.05, 0.1) is 0 Å². The molecule has 0 heterocycles. The summed E-state index contributed by atoms with van der Waals surface area (Å²) in [7, 11) is -16.2. The van der Waals surface area contributed by atoms with Crippen molar-refractivity contribution in [3.8, 4) is 0 Å². The normalized spacial score (nSPS) is 10.2. The Morgan fingerprint density at radius 3 is 0.588 bits per heavy atom. The molecule has 0 aromatic carbocycles. The average Bonchev–Trinajstić information content (AvgIpc) is 1.41. The third-order valence-corrected chi connectivity index (χ3v) is 0. The van der Waals surface area contributed by atoms with Crippen LogP contribution in [0.15, 0.2) is 0 Å². The van der Waals surface area contributed by atoms with Crippen molar-refractivity contribution in [2.75, 3.05) is 0 Å². The second-order valence-corrected chi connectivity index (χ2v) is 3.54. The molecule has 0 aliphatic rings. The third kappa shape index (κ3) is 20200000. The van der Waals surface area contributed by atoms with Crippen molar-refractivity contribution >= 4 is 48.9 Å². The zero-order valence-electron chi connectivity index (χ0n) is 7.11. The Hall–Kier alpha value is 0.0125. The molecule has 0 fully saturated rings. The summed E-state index contributed by atoms with van der Waals surface area (Å²) in [6, 6.07) is 0. The summed E-state index contributed by atoms with van der Waals surface area (Å²) in [6.45, 7) is 0. The number of halogens is 3. The van der Waals surface area contributed by atoms with Crippen LogP contribution < -0.4 is 0 Å². The average molecular weight is 342 g/mol. The van der Waals surface area contributed by atoms with E-state index in [0.29, 0.717) is 0 Å². The number of hydrogen-bond donors (Lipinski definition) is 0. The zero-order valence-corrected chi connectivity index (χ0v) is 10.7. The van der Waals surface area contributed by atoms with Crippen molar-refractivity contribution in [3.05, 3.63) is 0 Å². The summed E-state index contributed by atoms with van der Waals surface area (Å²) >= 11 is 0. The predicted octanol–water partition coefficient (Wildman–Crippen LogP) is -2.96. The van der Waals surface area contributed by atoms with E-state index in [0.717, 1.165) is 0 Å². The Morgan fingerprint density at radius 2 is 0.588 bits per heavy atom. The van der Waals surface area contributed by atoms with Crippen LogP contribution in [0.3, 0.4) is 0 Å². The topological polar surface area (TPSA) is 203 Å². The fourth-order valence-corrected chi connectivity index (χ4v) is 0. The minimum absolute atomic E-state index is 0. The van der Waals surface area contributed by atoms with Gasteiger partial charge in [0.1, 0.15) is 0 Å². The van der Waals surface area contributed by atoms with Crippen LogP contribution in [0.2, 0.25) is 0 Å². The Kier molecular flexibility index (Phi) is 19.8. The Morgan fingerprint density at radius 1 is 0.588 bits per heavy atom. The van der Waals surface area contributed by atoms with Crippen LogP contribution in [-0.2, 0) is 31.5 Å². The van der Waals surface area contributed by atoms with Crippen molar-refractivity contribution < 1.29 is 56.0 Å². The molecule has 104 valence electrons. The molecule has 2 N–H and O–H groups in total. The van der Waals surface area contributed by atoms with E-state index in [1.165, 1.54) is 0 Å². The molecule has 0 aromatic rings. The van der Waals surface area contributed by atoms with Crippen molar-refractivity contribution in [2.24, 2.45) is 0 Å². The molecule has 0 aromatic heterocycles. The molecule has 0 amide bonds. The third-order valence-electron chi connectivity index (χ3n) is 0. The van der Waals surface area contributed by atoms with Crippen LogP contribution in [0.1, 0.15) is 0 Å². The molecule has 0 spiro atoms. The molecular formula is H2AlF3O10S3. The van der Waals surface area contributed by atoms with Gasteiger partial charge in [-0.2, -0.15) is 0 Å². The molecule has 0 unspecified atom stereocenters. The van der Waals surface area contributed by atoms with Crippen LogP contribution in [0.4, 0.5) is 11.7 Å². The van der Waals surface area contributed by atoms with Crippen LogP contribution in [0.25, 0.3) is 0 Å². The van der Waals surface area contributed by atoms with Gasteiger partial charge >= 0.3 is 17.4 Å². The minimum Gasteiger partial charge on any atom is -0.722 e. The van der Waals surface area contributed by atoms with Crippen LogP contribution in [0.5, 0.6) is 0 Å². The summed E-state index contributed by atoms with van der Waals surface area (Å²) < 4.78 is 106. The first-order valence-electron chi connectivity index (χ1n) is 1.96. The molecule has 0 radical (unpaired) electrons. The summed E-state index contributed by atoms with van der Waals surface area (Å²) in [5, 5.41) is 0. The van der Waals surface area contributed by atoms with Crippen molar-refractivity contribution in [1.82, 2.24) is 0 Å². The maximum atomic E-state index is 10.1. The zero-order chi connectivity index (χ0) is 13.5. The first-order valence-corrected chi connectivity index (χ1v) is 5.89. The van der Waals surface area contributed by atoms with Gasteiger partial charge in [0.15, 0.2) is 0 Å². The van der Waals surface area contributed by atoms with Gasteiger partial charge in [-0.1, -0.05) is 0 Å². The molecule has 10 nitrogen and oxygen atoms in total. The van der Waals surface area contributed by atoms with E-state index in [-0.39, 0.29) is 22.8 Å². The summed E-state index contributed by atoms with van der Waals surface area (Å²) in [6.07, 6.45) is 0. The summed E-state index contributed by atoms with van der Waals surface area (Å²) in [4.78, 5) is 0. The molecule has 0 saturated carbocycles. The van der Waals surface area contributed by atoms with E-state index < -0.39 is 31.5 Å². The molecule has 0 aliphatic carbocycles. The SMILES string of the molecule is O.O=S(=O)([O-])F.O=S(=O)([O-])F.O=S(=O)([O-])F.[Al+3]. The van der Waals surface area contributed by atoms with Crippen LogP contribution in [0, 0.1) is 0 Å². The van der Waals surface area contributed by atoms with E-state index in [4.69, 9.17) is 38.9 Å². The summed E-state index contributed by atoms with van der Waals surface area (Å²) in [5.41, 5.74) is 0. The van der Waals surface area contributed by atoms with Crippen molar-refractivity contribution in [2.45, 2.75) is 0 Å². The summed E-state index contributed by atoms with van der Waals surface area (Å²) in [5.74, 6) is 0. The van der Waals surface area contributed by atoms with E-state index in [2.05, 4.69) is 0 Å².